The molecule has 0 bridgehead atoms. The number of aromatic nitrogens is 2. The van der Waals surface area contributed by atoms with Crippen molar-refractivity contribution in [2.75, 3.05) is 18.5 Å². The van der Waals surface area contributed by atoms with E-state index in [2.05, 4.69) is 26.2 Å². The number of hydrogen-bond acceptors (Lipinski definition) is 5. The van der Waals surface area contributed by atoms with Crippen molar-refractivity contribution in [1.29, 1.82) is 0 Å². The van der Waals surface area contributed by atoms with E-state index >= 15 is 0 Å². The van der Waals surface area contributed by atoms with E-state index in [1.54, 1.807) is 6.20 Å². The normalized spacial score (nSPS) is 10.6. The zero-order valence-electron chi connectivity index (χ0n) is 8.60. The molecule has 1 heterocycles. The summed E-state index contributed by atoms with van der Waals surface area (Å²) in [5, 5.41) is 23.3. The molecule has 1 aromatic rings. The fraction of sp³-hybridized carbons (Fsp3) is 0.625. The second kappa shape index (κ2) is 6.56. The average molecular weight is 293 g/mol. The first-order valence-corrected chi connectivity index (χ1v) is 5.89. The van der Waals surface area contributed by atoms with E-state index in [1.165, 1.54) is 4.57 Å². The van der Waals surface area contributed by atoms with Crippen LogP contribution in [0.4, 0.5) is 5.95 Å². The second-order valence-corrected chi connectivity index (χ2v) is 3.87. The third-order valence-corrected chi connectivity index (χ3v) is 2.28. The Hall–Kier alpha value is -0.990. The Labute approximate surface area is 101 Å². The molecule has 1 rings (SSSR count). The van der Waals surface area contributed by atoms with Crippen LogP contribution in [0.1, 0.15) is 5.69 Å². The van der Waals surface area contributed by atoms with Crippen molar-refractivity contribution in [3.05, 3.63) is 22.0 Å². The molecule has 0 unspecified atom stereocenters. The number of hydrogen-bond donors (Lipinski definition) is 2. The van der Waals surface area contributed by atoms with E-state index in [0.29, 0.717) is 12.2 Å². The summed E-state index contributed by atoms with van der Waals surface area (Å²) in [6, 6.07) is 0. The second-order valence-electron chi connectivity index (χ2n) is 3.07. The third-order valence-electron chi connectivity index (χ3n) is 1.89. The molecule has 1 aromatic heterocycles. The highest BCUT2D eigenvalue weighted by atomic mass is 79.9. The number of nitrogens with zero attached hydrogens (tertiary/aromatic N) is 3. The fourth-order valence-electron chi connectivity index (χ4n) is 1.25. The summed E-state index contributed by atoms with van der Waals surface area (Å²) in [4.78, 5) is 14.0. The molecule has 16 heavy (non-hydrogen) atoms. The first-order chi connectivity index (χ1) is 7.69. The summed E-state index contributed by atoms with van der Waals surface area (Å²) < 4.78 is 1.34. The molecule has 8 heteroatoms. The standard InChI is InChI=1S/C8H13BrN4O3/c9-1-2-10-5-7-6-12(3-4-14)8(11-7)13(15)16/h6,10,14H,1-5H2. The lowest BCUT2D eigenvalue weighted by Crippen LogP contribution is -2.15. The molecule has 0 radical (unpaired) electrons. The molecule has 0 aliphatic rings. The number of aliphatic hydroxyl groups is 1. The number of imidazole rings is 1. The highest BCUT2D eigenvalue weighted by Crippen LogP contribution is 2.11. The van der Waals surface area contributed by atoms with Crippen molar-refractivity contribution >= 4 is 21.9 Å². The van der Waals surface area contributed by atoms with Gasteiger partial charge < -0.3 is 20.5 Å². The van der Waals surface area contributed by atoms with Gasteiger partial charge >= 0.3 is 5.95 Å². The molecular weight excluding hydrogens is 280 g/mol. The SMILES string of the molecule is O=[N+]([O-])c1nc(CNCCBr)cn1CCO. The number of aliphatic hydroxyl groups excluding tert-OH is 1. The lowest BCUT2D eigenvalue weighted by Gasteiger charge is -1.96. The number of rotatable bonds is 7. The van der Waals surface area contributed by atoms with Crippen molar-refractivity contribution in [2.45, 2.75) is 13.1 Å². The molecule has 0 amide bonds. The van der Waals surface area contributed by atoms with Gasteiger partial charge in [-0.25, -0.2) is 4.57 Å². The lowest BCUT2D eigenvalue weighted by molar-refractivity contribution is -0.396. The van der Waals surface area contributed by atoms with E-state index in [-0.39, 0.29) is 19.1 Å². The van der Waals surface area contributed by atoms with E-state index in [9.17, 15) is 10.1 Å². The smallest absolute Gasteiger partial charge is 0.393 e. The van der Waals surface area contributed by atoms with Crippen LogP contribution in [0.5, 0.6) is 0 Å². The third kappa shape index (κ3) is 3.54. The van der Waals surface area contributed by atoms with Gasteiger partial charge in [-0.15, -0.1) is 0 Å². The Morgan fingerprint density at radius 3 is 3.00 bits per heavy atom. The molecule has 0 atom stereocenters. The average Bonchev–Trinajstić information content (AvgIpc) is 2.62. The van der Waals surface area contributed by atoms with Gasteiger partial charge in [0, 0.05) is 11.9 Å². The van der Waals surface area contributed by atoms with Crippen LogP contribution in [0.2, 0.25) is 0 Å². The van der Waals surface area contributed by atoms with E-state index < -0.39 is 4.92 Å². The first-order valence-electron chi connectivity index (χ1n) is 4.77. The van der Waals surface area contributed by atoms with Gasteiger partial charge in [0.2, 0.25) is 0 Å². The Morgan fingerprint density at radius 2 is 2.44 bits per heavy atom. The molecule has 2 N–H and O–H groups in total. The molecule has 90 valence electrons. The summed E-state index contributed by atoms with van der Waals surface area (Å²) >= 11 is 3.26. The molecule has 0 saturated carbocycles. The van der Waals surface area contributed by atoms with Crippen molar-refractivity contribution in [2.24, 2.45) is 0 Å². The van der Waals surface area contributed by atoms with Gasteiger partial charge in [0.05, 0.1) is 19.7 Å². The number of alkyl halides is 1. The van der Waals surface area contributed by atoms with E-state index in [1.807, 2.05) is 0 Å². The predicted molar refractivity (Wildman–Crippen MR) is 61.5 cm³/mol. The maximum Gasteiger partial charge on any atom is 0.434 e. The van der Waals surface area contributed by atoms with Crippen molar-refractivity contribution < 1.29 is 10.0 Å². The van der Waals surface area contributed by atoms with Gasteiger partial charge in [0.15, 0.2) is 5.69 Å². The summed E-state index contributed by atoms with van der Waals surface area (Å²) in [6.45, 7) is 1.28. The minimum Gasteiger partial charge on any atom is -0.393 e. The highest BCUT2D eigenvalue weighted by Gasteiger charge is 2.18. The Bertz CT molecular complexity index is 355. The maximum absolute atomic E-state index is 10.7. The van der Waals surface area contributed by atoms with E-state index in [4.69, 9.17) is 5.11 Å². The van der Waals surface area contributed by atoms with Gasteiger partial charge in [-0.3, -0.25) is 0 Å². The quantitative estimate of drug-likeness (QED) is 0.326. The largest absolute Gasteiger partial charge is 0.434 e. The molecule has 0 aliphatic heterocycles. The first kappa shape index (κ1) is 13.1. The van der Waals surface area contributed by atoms with Crippen LogP contribution in [0.15, 0.2) is 6.20 Å². The summed E-state index contributed by atoms with van der Waals surface area (Å²) in [7, 11) is 0. The van der Waals surface area contributed by atoms with Crippen LogP contribution in [0.25, 0.3) is 0 Å². The van der Waals surface area contributed by atoms with Crippen molar-refractivity contribution in [1.82, 2.24) is 14.9 Å². The minimum atomic E-state index is -0.552. The molecule has 0 fully saturated rings. The zero-order valence-corrected chi connectivity index (χ0v) is 10.2. The topological polar surface area (TPSA) is 93.2 Å². The molecule has 0 spiro atoms. The van der Waals surface area contributed by atoms with Crippen LogP contribution in [-0.4, -0.2) is 38.1 Å². The number of nitrogens with one attached hydrogen (secondary N) is 1. The van der Waals surface area contributed by atoms with Gasteiger partial charge in [-0.2, -0.15) is 0 Å². The summed E-state index contributed by atoms with van der Waals surface area (Å²) in [5.41, 5.74) is 0.598. The van der Waals surface area contributed by atoms with E-state index in [0.717, 1.165) is 11.9 Å². The lowest BCUT2D eigenvalue weighted by atomic mass is 10.4. The van der Waals surface area contributed by atoms with Crippen molar-refractivity contribution in [3.63, 3.8) is 0 Å². The molecule has 0 aromatic carbocycles. The van der Waals surface area contributed by atoms with Gasteiger partial charge in [-0.05, 0) is 4.92 Å². The van der Waals surface area contributed by atoms with Gasteiger partial charge in [0.25, 0.3) is 0 Å². The van der Waals surface area contributed by atoms with Crippen molar-refractivity contribution in [3.8, 4) is 0 Å². The van der Waals surface area contributed by atoms with Crippen LogP contribution < -0.4 is 5.32 Å². The van der Waals surface area contributed by atoms with Gasteiger partial charge in [-0.1, -0.05) is 20.9 Å². The fourth-order valence-corrected chi connectivity index (χ4v) is 1.53. The van der Waals surface area contributed by atoms with Crippen LogP contribution >= 0.6 is 15.9 Å². The number of halogens is 1. The summed E-state index contributed by atoms with van der Waals surface area (Å²) in [6.07, 6.45) is 1.58. The van der Waals surface area contributed by atoms with Crippen LogP contribution in [0, 0.1) is 10.1 Å². The Kier molecular flexibility index (Phi) is 5.36. The maximum atomic E-state index is 10.7. The zero-order chi connectivity index (χ0) is 12.0. The summed E-state index contributed by atoms with van der Waals surface area (Å²) in [5.74, 6) is -0.232. The Morgan fingerprint density at radius 1 is 1.69 bits per heavy atom. The number of nitro groups is 1. The molecule has 7 nitrogen and oxygen atoms in total. The molecular formula is C8H13BrN4O3. The minimum absolute atomic E-state index is 0.147. The predicted octanol–water partition coefficient (Wildman–Crippen LogP) is 0.268. The van der Waals surface area contributed by atoms with Crippen LogP contribution in [0.3, 0.4) is 0 Å². The van der Waals surface area contributed by atoms with Gasteiger partial charge in [0.1, 0.15) is 6.20 Å². The monoisotopic (exact) mass is 292 g/mol. The van der Waals surface area contributed by atoms with Crippen LogP contribution in [-0.2, 0) is 13.1 Å². The molecule has 0 saturated heterocycles. The Balaban J connectivity index is 2.72. The molecule has 0 aliphatic carbocycles. The highest BCUT2D eigenvalue weighted by molar-refractivity contribution is 9.09.